The van der Waals surface area contributed by atoms with Gasteiger partial charge in [-0.05, 0) is 24.6 Å². The highest BCUT2D eigenvalue weighted by Gasteiger charge is 2.39. The first-order valence-corrected chi connectivity index (χ1v) is 7.31. The van der Waals surface area contributed by atoms with E-state index < -0.39 is 18.1 Å². The number of carbonyl (C=O) groups excluding carboxylic acids is 1. The molecule has 1 atom stereocenters. The van der Waals surface area contributed by atoms with Crippen molar-refractivity contribution in [1.82, 2.24) is 10.4 Å². The van der Waals surface area contributed by atoms with Gasteiger partial charge in [-0.3, -0.25) is 5.32 Å². The standard InChI is InChI=1S/C14H17BrN2O4/c1-3-20-13(18)11-12(17(2)21-14(11)19)16-8-9-4-6-10(15)7-5-9/h4-7,12,16,18H,3,8H2,1-2H3/b13-11-. The number of aliphatic hydroxyl groups is 1. The van der Waals surface area contributed by atoms with E-state index in [0.717, 1.165) is 10.0 Å². The van der Waals surface area contributed by atoms with Gasteiger partial charge in [0.25, 0.3) is 5.95 Å². The van der Waals surface area contributed by atoms with Gasteiger partial charge in [-0.2, -0.15) is 0 Å². The lowest BCUT2D eigenvalue weighted by Crippen LogP contribution is -2.39. The predicted molar refractivity (Wildman–Crippen MR) is 79.9 cm³/mol. The average Bonchev–Trinajstić information content (AvgIpc) is 2.72. The largest absolute Gasteiger partial charge is 0.481 e. The van der Waals surface area contributed by atoms with Crippen molar-refractivity contribution in [1.29, 1.82) is 0 Å². The van der Waals surface area contributed by atoms with Crippen molar-refractivity contribution in [3.8, 4) is 0 Å². The number of hydrogen-bond donors (Lipinski definition) is 2. The number of aliphatic hydroxyl groups excluding tert-OH is 1. The molecule has 21 heavy (non-hydrogen) atoms. The zero-order chi connectivity index (χ0) is 15.4. The van der Waals surface area contributed by atoms with Gasteiger partial charge in [0.1, 0.15) is 6.17 Å². The van der Waals surface area contributed by atoms with Gasteiger partial charge in [-0.1, -0.05) is 28.1 Å². The molecule has 1 aromatic carbocycles. The highest BCUT2D eigenvalue weighted by Crippen LogP contribution is 2.22. The van der Waals surface area contributed by atoms with Crippen molar-refractivity contribution in [2.24, 2.45) is 0 Å². The second-order valence-electron chi connectivity index (χ2n) is 4.49. The van der Waals surface area contributed by atoms with Crippen LogP contribution >= 0.6 is 15.9 Å². The van der Waals surface area contributed by atoms with Crippen LogP contribution < -0.4 is 5.32 Å². The molecular formula is C14H17BrN2O4. The molecule has 0 aliphatic carbocycles. The van der Waals surface area contributed by atoms with E-state index in [0.29, 0.717) is 6.54 Å². The smallest absolute Gasteiger partial charge is 0.363 e. The van der Waals surface area contributed by atoms with E-state index in [2.05, 4.69) is 21.2 Å². The van der Waals surface area contributed by atoms with Crippen molar-refractivity contribution in [3.05, 3.63) is 45.8 Å². The Morgan fingerprint density at radius 3 is 2.76 bits per heavy atom. The van der Waals surface area contributed by atoms with Crippen LogP contribution in [0.3, 0.4) is 0 Å². The van der Waals surface area contributed by atoms with Crippen molar-refractivity contribution >= 4 is 21.9 Å². The van der Waals surface area contributed by atoms with Crippen LogP contribution in [0.2, 0.25) is 0 Å². The molecule has 1 aliphatic heterocycles. The van der Waals surface area contributed by atoms with Crippen molar-refractivity contribution in [2.45, 2.75) is 19.6 Å². The Kier molecular flexibility index (Phi) is 5.22. The number of hydroxylamine groups is 2. The lowest BCUT2D eigenvalue weighted by Gasteiger charge is -2.18. The van der Waals surface area contributed by atoms with E-state index in [1.165, 1.54) is 5.06 Å². The molecule has 1 heterocycles. The second kappa shape index (κ2) is 6.93. The van der Waals surface area contributed by atoms with Gasteiger partial charge in [-0.25, -0.2) is 4.79 Å². The summed E-state index contributed by atoms with van der Waals surface area (Å²) < 4.78 is 6.00. The number of ether oxygens (including phenoxy) is 1. The van der Waals surface area contributed by atoms with Gasteiger partial charge in [-0.15, -0.1) is 5.06 Å². The molecule has 2 N–H and O–H groups in total. The minimum Gasteiger partial charge on any atom is -0.481 e. The van der Waals surface area contributed by atoms with Gasteiger partial charge in [0.05, 0.1) is 6.61 Å². The van der Waals surface area contributed by atoms with E-state index >= 15 is 0 Å². The molecule has 0 amide bonds. The van der Waals surface area contributed by atoms with Crippen molar-refractivity contribution in [3.63, 3.8) is 0 Å². The molecule has 0 radical (unpaired) electrons. The van der Waals surface area contributed by atoms with Crippen LogP contribution in [-0.4, -0.2) is 36.0 Å². The van der Waals surface area contributed by atoms with Crippen molar-refractivity contribution in [2.75, 3.05) is 13.7 Å². The molecule has 114 valence electrons. The summed E-state index contributed by atoms with van der Waals surface area (Å²) in [4.78, 5) is 16.7. The first-order chi connectivity index (χ1) is 10.0. The summed E-state index contributed by atoms with van der Waals surface area (Å²) >= 11 is 3.38. The van der Waals surface area contributed by atoms with Crippen molar-refractivity contribution < 1.29 is 19.5 Å². The lowest BCUT2D eigenvalue weighted by molar-refractivity contribution is -0.169. The predicted octanol–water partition coefficient (Wildman–Crippen LogP) is 2.07. The van der Waals surface area contributed by atoms with Gasteiger partial charge in [0, 0.05) is 18.1 Å². The maximum absolute atomic E-state index is 11.8. The Morgan fingerprint density at radius 2 is 2.14 bits per heavy atom. The summed E-state index contributed by atoms with van der Waals surface area (Å²) in [5.74, 6) is -1.02. The van der Waals surface area contributed by atoms with Gasteiger partial charge in [0.15, 0.2) is 5.57 Å². The minimum atomic E-state index is -0.614. The summed E-state index contributed by atoms with van der Waals surface area (Å²) in [5.41, 5.74) is 1.12. The fourth-order valence-electron chi connectivity index (χ4n) is 1.99. The molecule has 1 unspecified atom stereocenters. The number of halogens is 1. The Hall–Kier alpha value is -1.57. The summed E-state index contributed by atoms with van der Waals surface area (Å²) in [6, 6.07) is 7.79. The van der Waals surface area contributed by atoms with Crippen LogP contribution in [0.4, 0.5) is 0 Å². The molecule has 0 spiro atoms. The highest BCUT2D eigenvalue weighted by molar-refractivity contribution is 9.10. The number of nitrogens with zero attached hydrogens (tertiary/aromatic N) is 1. The van der Waals surface area contributed by atoms with E-state index in [1.807, 2.05) is 24.3 Å². The molecule has 0 bridgehead atoms. The van der Waals surface area contributed by atoms with E-state index in [-0.39, 0.29) is 12.2 Å². The molecular weight excluding hydrogens is 340 g/mol. The Balaban J connectivity index is 2.10. The van der Waals surface area contributed by atoms with E-state index in [4.69, 9.17) is 9.57 Å². The lowest BCUT2D eigenvalue weighted by atomic mass is 10.2. The Morgan fingerprint density at radius 1 is 1.48 bits per heavy atom. The molecule has 6 nitrogen and oxygen atoms in total. The first kappa shape index (κ1) is 15.8. The van der Waals surface area contributed by atoms with Crippen LogP contribution in [0.5, 0.6) is 0 Å². The number of likely N-dealkylation sites (N-methyl/N-ethyl adjacent to an activating group) is 1. The van der Waals surface area contributed by atoms with Gasteiger partial charge >= 0.3 is 5.97 Å². The summed E-state index contributed by atoms with van der Waals surface area (Å²) in [6.45, 7) is 2.51. The number of benzene rings is 1. The monoisotopic (exact) mass is 356 g/mol. The second-order valence-corrected chi connectivity index (χ2v) is 5.40. The van der Waals surface area contributed by atoms with Crippen LogP contribution in [0.15, 0.2) is 40.3 Å². The van der Waals surface area contributed by atoms with Gasteiger partial charge in [0.2, 0.25) is 0 Å². The van der Waals surface area contributed by atoms with E-state index in [9.17, 15) is 9.90 Å². The molecule has 0 saturated carbocycles. The zero-order valence-electron chi connectivity index (χ0n) is 11.8. The zero-order valence-corrected chi connectivity index (χ0v) is 13.4. The normalized spacial score (nSPS) is 21.3. The number of carbonyl (C=O) groups is 1. The molecule has 1 aliphatic rings. The van der Waals surface area contributed by atoms with Crippen LogP contribution in [0.1, 0.15) is 12.5 Å². The minimum absolute atomic E-state index is 0.0801. The third kappa shape index (κ3) is 3.75. The van der Waals surface area contributed by atoms with Crippen LogP contribution in [-0.2, 0) is 20.9 Å². The third-order valence-corrected chi connectivity index (χ3v) is 3.54. The first-order valence-electron chi connectivity index (χ1n) is 6.51. The van der Waals surface area contributed by atoms with Crippen LogP contribution in [0, 0.1) is 0 Å². The quantitative estimate of drug-likeness (QED) is 0.621. The molecule has 1 saturated heterocycles. The number of rotatable bonds is 5. The maximum atomic E-state index is 11.8. The molecule has 1 fully saturated rings. The number of hydrogen-bond acceptors (Lipinski definition) is 6. The molecule has 0 aromatic heterocycles. The molecule has 2 rings (SSSR count). The SMILES string of the molecule is CCO/C(O)=C1\C(=O)ON(C)C1NCc1ccc(Br)cc1. The topological polar surface area (TPSA) is 71.0 Å². The Bertz CT molecular complexity index is 544. The van der Waals surface area contributed by atoms with Gasteiger partial charge < -0.3 is 14.7 Å². The summed E-state index contributed by atoms with van der Waals surface area (Å²) in [7, 11) is 1.61. The fraction of sp³-hybridized carbons (Fsp3) is 0.357. The highest BCUT2D eigenvalue weighted by atomic mass is 79.9. The molecule has 7 heteroatoms. The van der Waals surface area contributed by atoms with E-state index in [1.54, 1.807) is 14.0 Å². The fourth-order valence-corrected chi connectivity index (χ4v) is 2.26. The summed E-state index contributed by atoms with van der Waals surface area (Å²) in [5, 5.41) is 14.3. The third-order valence-electron chi connectivity index (χ3n) is 3.01. The summed E-state index contributed by atoms with van der Waals surface area (Å²) in [6.07, 6.45) is -0.562. The number of nitrogens with one attached hydrogen (secondary N) is 1. The maximum Gasteiger partial charge on any atom is 0.363 e. The Labute approximate surface area is 131 Å². The molecule has 1 aromatic rings. The average molecular weight is 357 g/mol. The van der Waals surface area contributed by atoms with Crippen LogP contribution in [0.25, 0.3) is 0 Å².